The molecule has 0 aromatic heterocycles. The molecule has 0 aromatic carbocycles. The van der Waals surface area contributed by atoms with Gasteiger partial charge in [0.15, 0.2) is 0 Å². The van der Waals surface area contributed by atoms with E-state index in [1.807, 2.05) is 6.92 Å². The van der Waals surface area contributed by atoms with Crippen molar-refractivity contribution in [2.24, 2.45) is 5.73 Å². The Kier molecular flexibility index (Phi) is 11.8. The smallest absolute Gasteiger partial charge is 0.0913 e. The van der Waals surface area contributed by atoms with Crippen LogP contribution in [0, 0.1) is 5.41 Å². The largest absolute Gasteiger partial charge is 0.386 e. The zero-order chi connectivity index (χ0) is 6.99. The van der Waals surface area contributed by atoms with Crippen LogP contribution in [0.15, 0.2) is 11.9 Å². The number of allylic oxidation sites excluding steroid dienone is 1. The standard InChI is InChI=1S/C4H10N2.CH3N/c1-3-4(5)6-2;1-2/h3,6H,5H2,1-2H3;2H,1H2/b4-3+;. The van der Waals surface area contributed by atoms with E-state index in [9.17, 15) is 0 Å². The Morgan fingerprint density at radius 3 is 2.12 bits per heavy atom. The molecule has 0 bridgehead atoms. The van der Waals surface area contributed by atoms with Crippen molar-refractivity contribution in [3.05, 3.63) is 11.9 Å². The van der Waals surface area contributed by atoms with E-state index >= 15 is 0 Å². The van der Waals surface area contributed by atoms with Crippen LogP contribution in [-0.4, -0.2) is 13.8 Å². The van der Waals surface area contributed by atoms with Gasteiger partial charge in [0, 0.05) is 7.05 Å². The first-order valence-electron chi connectivity index (χ1n) is 2.26. The van der Waals surface area contributed by atoms with E-state index in [1.165, 1.54) is 0 Å². The molecule has 0 fully saturated rings. The summed E-state index contributed by atoms with van der Waals surface area (Å²) in [7, 11) is 1.79. The Balaban J connectivity index is 0. The van der Waals surface area contributed by atoms with Gasteiger partial charge in [0.2, 0.25) is 0 Å². The summed E-state index contributed by atoms with van der Waals surface area (Å²) in [5.41, 5.74) is 5.22. The Morgan fingerprint density at radius 1 is 1.75 bits per heavy atom. The topological polar surface area (TPSA) is 61.9 Å². The first-order valence-corrected chi connectivity index (χ1v) is 2.26. The average Bonchev–Trinajstić information content (AvgIpc) is 1.91. The normalized spacial score (nSPS) is 9.00. The van der Waals surface area contributed by atoms with Crippen LogP contribution < -0.4 is 11.1 Å². The van der Waals surface area contributed by atoms with E-state index in [1.54, 1.807) is 13.1 Å². The number of hydrogen-bond acceptors (Lipinski definition) is 3. The van der Waals surface area contributed by atoms with Crippen molar-refractivity contribution >= 4 is 6.72 Å². The zero-order valence-corrected chi connectivity index (χ0v) is 5.36. The third kappa shape index (κ3) is 8.89. The average molecular weight is 115 g/mol. The van der Waals surface area contributed by atoms with E-state index in [4.69, 9.17) is 11.1 Å². The minimum absolute atomic E-state index is 0.718. The summed E-state index contributed by atoms with van der Waals surface area (Å²) in [6.07, 6.45) is 1.81. The fraction of sp³-hybridized carbons (Fsp3) is 0.400. The van der Waals surface area contributed by atoms with Crippen molar-refractivity contribution in [1.82, 2.24) is 5.32 Å². The molecule has 0 spiro atoms. The Hall–Kier alpha value is -0.990. The summed E-state index contributed by atoms with van der Waals surface area (Å²) in [6, 6.07) is 0. The van der Waals surface area contributed by atoms with Gasteiger partial charge in [0.25, 0.3) is 0 Å². The minimum atomic E-state index is 0.718. The van der Waals surface area contributed by atoms with Crippen LogP contribution in [0.5, 0.6) is 0 Å². The SMILES string of the molecule is C/C=C(\N)NC.C=N. The van der Waals surface area contributed by atoms with Gasteiger partial charge in [0.05, 0.1) is 5.82 Å². The molecule has 0 saturated carbocycles. The fourth-order valence-electron chi connectivity index (χ4n) is 0.144. The van der Waals surface area contributed by atoms with Gasteiger partial charge >= 0.3 is 0 Å². The molecule has 3 nitrogen and oxygen atoms in total. The van der Waals surface area contributed by atoms with Crippen LogP contribution >= 0.6 is 0 Å². The van der Waals surface area contributed by atoms with Crippen molar-refractivity contribution in [2.45, 2.75) is 6.92 Å². The lowest BCUT2D eigenvalue weighted by molar-refractivity contribution is 0.960. The van der Waals surface area contributed by atoms with Crippen molar-refractivity contribution in [3.63, 3.8) is 0 Å². The molecule has 4 N–H and O–H groups in total. The van der Waals surface area contributed by atoms with Gasteiger partial charge in [-0.15, -0.1) is 0 Å². The molecule has 0 atom stereocenters. The molecule has 3 heteroatoms. The summed E-state index contributed by atoms with van der Waals surface area (Å²) in [5.74, 6) is 0.718. The second-order valence-electron chi connectivity index (χ2n) is 0.994. The van der Waals surface area contributed by atoms with E-state index in [-0.39, 0.29) is 0 Å². The number of rotatable bonds is 1. The summed E-state index contributed by atoms with van der Waals surface area (Å²) in [4.78, 5) is 0. The van der Waals surface area contributed by atoms with Crippen LogP contribution in [-0.2, 0) is 0 Å². The molecule has 8 heavy (non-hydrogen) atoms. The van der Waals surface area contributed by atoms with Crippen molar-refractivity contribution in [2.75, 3.05) is 7.05 Å². The molecule has 0 saturated heterocycles. The van der Waals surface area contributed by atoms with Gasteiger partial charge in [0.1, 0.15) is 0 Å². The van der Waals surface area contributed by atoms with Crippen LogP contribution in [0.2, 0.25) is 0 Å². The summed E-state index contributed by atoms with van der Waals surface area (Å²) in [6.45, 7) is 4.38. The molecular weight excluding hydrogens is 102 g/mol. The van der Waals surface area contributed by atoms with E-state index < -0.39 is 0 Å². The minimum Gasteiger partial charge on any atom is -0.386 e. The van der Waals surface area contributed by atoms with Crippen LogP contribution in [0.1, 0.15) is 6.92 Å². The Labute approximate surface area is 50.1 Å². The molecule has 0 aliphatic heterocycles. The van der Waals surface area contributed by atoms with E-state index in [2.05, 4.69) is 12.0 Å². The highest BCUT2D eigenvalue weighted by Gasteiger charge is 1.69. The van der Waals surface area contributed by atoms with Crippen molar-refractivity contribution < 1.29 is 0 Å². The summed E-state index contributed by atoms with van der Waals surface area (Å²) >= 11 is 0. The van der Waals surface area contributed by atoms with Crippen LogP contribution in [0.3, 0.4) is 0 Å². The first-order chi connectivity index (χ1) is 3.81. The van der Waals surface area contributed by atoms with Gasteiger partial charge in [-0.1, -0.05) is 0 Å². The van der Waals surface area contributed by atoms with Crippen LogP contribution in [0.4, 0.5) is 0 Å². The van der Waals surface area contributed by atoms with Gasteiger partial charge < -0.3 is 16.5 Å². The zero-order valence-electron chi connectivity index (χ0n) is 5.36. The molecule has 48 valence electrons. The van der Waals surface area contributed by atoms with Gasteiger partial charge in [-0.05, 0) is 19.7 Å². The maximum Gasteiger partial charge on any atom is 0.0913 e. The number of hydrogen-bond donors (Lipinski definition) is 3. The number of nitrogens with one attached hydrogen (secondary N) is 2. The maximum absolute atomic E-state index is 5.50. The molecule has 0 radical (unpaired) electrons. The Bertz CT molecular complexity index is 68.1. The van der Waals surface area contributed by atoms with Gasteiger partial charge in [-0.2, -0.15) is 0 Å². The van der Waals surface area contributed by atoms with Crippen LogP contribution in [0.25, 0.3) is 0 Å². The third-order valence-corrected chi connectivity index (χ3v) is 0.600. The molecule has 0 rings (SSSR count). The summed E-state index contributed by atoms with van der Waals surface area (Å²) < 4.78 is 0. The van der Waals surface area contributed by atoms with Gasteiger partial charge in [-0.25, -0.2) is 0 Å². The fourth-order valence-corrected chi connectivity index (χ4v) is 0.144. The van der Waals surface area contributed by atoms with E-state index in [0.717, 1.165) is 5.82 Å². The lowest BCUT2D eigenvalue weighted by Crippen LogP contribution is -2.13. The lowest BCUT2D eigenvalue weighted by atomic mass is 10.6. The molecule has 0 amide bonds. The molecule has 0 aromatic rings. The Morgan fingerprint density at radius 2 is 2.12 bits per heavy atom. The molecule has 0 unspecified atom stereocenters. The highest BCUT2D eigenvalue weighted by atomic mass is 14.9. The quantitative estimate of drug-likeness (QED) is 0.430. The highest BCUT2D eigenvalue weighted by molar-refractivity contribution is 5.15. The number of nitrogens with two attached hydrogens (primary N) is 1. The third-order valence-electron chi connectivity index (χ3n) is 0.600. The second-order valence-corrected chi connectivity index (χ2v) is 0.994. The maximum atomic E-state index is 5.50. The van der Waals surface area contributed by atoms with Crippen molar-refractivity contribution in [3.8, 4) is 0 Å². The monoisotopic (exact) mass is 115 g/mol. The molecule has 0 aliphatic carbocycles. The highest BCUT2D eigenvalue weighted by Crippen LogP contribution is 1.66. The predicted molar refractivity (Wildman–Crippen MR) is 36.8 cm³/mol. The predicted octanol–water partition coefficient (Wildman–Crippen LogP) is 0.292. The summed E-state index contributed by atoms with van der Waals surface area (Å²) in [5, 5.41) is 8.25. The second kappa shape index (κ2) is 9.38. The first kappa shape index (κ1) is 10.1. The lowest BCUT2D eigenvalue weighted by Gasteiger charge is -1.92. The molecule has 0 aliphatic rings. The van der Waals surface area contributed by atoms with E-state index in [0.29, 0.717) is 0 Å². The molecule has 0 heterocycles. The van der Waals surface area contributed by atoms with Crippen molar-refractivity contribution in [1.29, 1.82) is 5.41 Å². The molecular formula is C5H13N3. The van der Waals surface area contributed by atoms with Gasteiger partial charge in [-0.3, -0.25) is 0 Å².